The van der Waals surface area contributed by atoms with Crippen molar-refractivity contribution in [3.63, 3.8) is 0 Å². The standard InChI is InChI=1S/C26H30N6O3S/c1-26(2,35-3)16-29-12-11-21(28)18-5-4-6-19(13-18)22-15-36-25(31-22)32-23(33)14-30-24(34)17-7-9-20(27)10-8-17/h4-13,15,28-29H,14,16,27H2,1-3H3,(H,30,34)(H,31,32,33)/b12-11-,28-21?. The summed E-state index contributed by atoms with van der Waals surface area (Å²) in [4.78, 5) is 28.9. The molecule has 0 bridgehead atoms. The molecule has 6 N–H and O–H groups in total. The first-order valence-corrected chi connectivity index (χ1v) is 12.1. The molecule has 0 saturated carbocycles. The minimum Gasteiger partial charge on any atom is -0.399 e. The number of hydrogen-bond donors (Lipinski definition) is 5. The van der Waals surface area contributed by atoms with Gasteiger partial charge in [0.15, 0.2) is 5.13 Å². The van der Waals surface area contributed by atoms with Crippen molar-refractivity contribution in [3.8, 4) is 11.3 Å². The summed E-state index contributed by atoms with van der Waals surface area (Å²) in [6.07, 6.45) is 3.43. The van der Waals surface area contributed by atoms with Crippen molar-refractivity contribution in [3.05, 3.63) is 77.3 Å². The Hall–Kier alpha value is -4.02. The van der Waals surface area contributed by atoms with Gasteiger partial charge in [-0.1, -0.05) is 18.2 Å². The molecular weight excluding hydrogens is 476 g/mol. The first-order chi connectivity index (χ1) is 17.2. The maximum Gasteiger partial charge on any atom is 0.251 e. The molecule has 1 heterocycles. The van der Waals surface area contributed by atoms with E-state index in [9.17, 15) is 9.59 Å². The van der Waals surface area contributed by atoms with Gasteiger partial charge in [0.25, 0.3) is 5.91 Å². The van der Waals surface area contributed by atoms with E-state index < -0.39 is 0 Å². The molecular formula is C26H30N6O3S. The lowest BCUT2D eigenvalue weighted by atomic mass is 10.1. The quantitative estimate of drug-likeness (QED) is 0.198. The molecule has 0 radical (unpaired) electrons. The highest BCUT2D eigenvalue weighted by atomic mass is 32.1. The Morgan fingerprint density at radius 2 is 1.92 bits per heavy atom. The molecule has 2 aromatic carbocycles. The van der Waals surface area contributed by atoms with Crippen LogP contribution in [-0.2, 0) is 9.53 Å². The van der Waals surface area contributed by atoms with E-state index in [1.54, 1.807) is 43.7 Å². The Morgan fingerprint density at radius 1 is 1.17 bits per heavy atom. The molecule has 0 spiro atoms. The fourth-order valence-electron chi connectivity index (χ4n) is 2.99. The number of carbonyl (C=O) groups excluding carboxylic acids is 2. The van der Waals surface area contributed by atoms with Crippen molar-refractivity contribution in [1.29, 1.82) is 5.41 Å². The van der Waals surface area contributed by atoms with Gasteiger partial charge in [-0.15, -0.1) is 11.3 Å². The van der Waals surface area contributed by atoms with E-state index in [4.69, 9.17) is 15.9 Å². The van der Waals surface area contributed by atoms with Crippen molar-refractivity contribution in [2.45, 2.75) is 19.4 Å². The number of allylic oxidation sites excluding steroid dienone is 1. The number of thiazole rings is 1. The van der Waals surface area contributed by atoms with E-state index in [1.807, 2.05) is 43.5 Å². The van der Waals surface area contributed by atoms with E-state index in [-0.39, 0.29) is 24.0 Å². The maximum atomic E-state index is 12.3. The van der Waals surface area contributed by atoms with Gasteiger partial charge < -0.3 is 31.8 Å². The third-order valence-electron chi connectivity index (χ3n) is 5.25. The van der Waals surface area contributed by atoms with Gasteiger partial charge in [0.05, 0.1) is 23.6 Å². The van der Waals surface area contributed by atoms with Crippen LogP contribution in [0.15, 0.2) is 66.2 Å². The number of anilines is 2. The number of hydrogen-bond acceptors (Lipinski definition) is 8. The van der Waals surface area contributed by atoms with Gasteiger partial charge >= 0.3 is 0 Å². The van der Waals surface area contributed by atoms with Crippen molar-refractivity contribution in [2.24, 2.45) is 0 Å². The Morgan fingerprint density at radius 3 is 2.64 bits per heavy atom. The van der Waals surface area contributed by atoms with Crippen molar-refractivity contribution >= 4 is 39.7 Å². The van der Waals surface area contributed by atoms with E-state index in [2.05, 4.69) is 20.9 Å². The molecule has 0 unspecified atom stereocenters. The predicted molar refractivity (Wildman–Crippen MR) is 144 cm³/mol. The Kier molecular flexibility index (Phi) is 8.93. The SMILES string of the molecule is COC(C)(C)CN/C=C\C(=N)c1cccc(-c2csc(NC(=O)CNC(=O)c3ccc(N)cc3)n2)c1. The molecule has 0 aliphatic rings. The van der Waals surface area contributed by atoms with Gasteiger partial charge in [-0.05, 0) is 56.5 Å². The largest absolute Gasteiger partial charge is 0.399 e. The van der Waals surface area contributed by atoms with Crippen LogP contribution in [0.2, 0.25) is 0 Å². The lowest BCUT2D eigenvalue weighted by Gasteiger charge is -2.22. The minimum atomic E-state index is -0.385. The van der Waals surface area contributed by atoms with Crippen LogP contribution in [0.4, 0.5) is 10.8 Å². The zero-order chi connectivity index (χ0) is 26.1. The van der Waals surface area contributed by atoms with Gasteiger partial charge in [-0.25, -0.2) is 4.98 Å². The monoisotopic (exact) mass is 506 g/mol. The molecule has 9 nitrogen and oxygen atoms in total. The summed E-state index contributed by atoms with van der Waals surface area (Å²) in [7, 11) is 1.66. The first kappa shape index (κ1) is 26.6. The summed E-state index contributed by atoms with van der Waals surface area (Å²) in [5, 5.41) is 19.0. The number of rotatable bonds is 11. The zero-order valence-electron chi connectivity index (χ0n) is 20.4. The lowest BCUT2D eigenvalue weighted by molar-refractivity contribution is -0.115. The molecule has 3 aromatic rings. The topological polar surface area (TPSA) is 142 Å². The van der Waals surface area contributed by atoms with Crippen molar-refractivity contribution < 1.29 is 14.3 Å². The lowest BCUT2D eigenvalue weighted by Crippen LogP contribution is -2.34. The van der Waals surface area contributed by atoms with Crippen LogP contribution < -0.4 is 21.7 Å². The highest BCUT2D eigenvalue weighted by Crippen LogP contribution is 2.25. The highest BCUT2D eigenvalue weighted by Gasteiger charge is 2.14. The van der Waals surface area contributed by atoms with Gasteiger partial charge in [0.1, 0.15) is 0 Å². The van der Waals surface area contributed by atoms with Crippen LogP contribution >= 0.6 is 11.3 Å². The summed E-state index contributed by atoms with van der Waals surface area (Å²) in [5.74, 6) is -0.750. The summed E-state index contributed by atoms with van der Waals surface area (Å²) in [6, 6.07) is 13.9. The molecule has 188 valence electrons. The average molecular weight is 507 g/mol. The van der Waals surface area contributed by atoms with Gasteiger partial charge in [-0.3, -0.25) is 9.59 Å². The second-order valence-electron chi connectivity index (χ2n) is 8.56. The molecule has 36 heavy (non-hydrogen) atoms. The number of benzene rings is 2. The summed E-state index contributed by atoms with van der Waals surface area (Å²) in [6.45, 7) is 4.38. The van der Waals surface area contributed by atoms with Gasteiger partial charge in [-0.2, -0.15) is 0 Å². The average Bonchev–Trinajstić information content (AvgIpc) is 3.34. The summed E-state index contributed by atoms with van der Waals surface area (Å²) >= 11 is 1.28. The number of nitrogens with two attached hydrogens (primary N) is 1. The molecule has 1 aromatic heterocycles. The van der Waals surface area contributed by atoms with Gasteiger partial charge in [0.2, 0.25) is 5.91 Å². The Balaban J connectivity index is 1.55. The predicted octanol–water partition coefficient (Wildman–Crippen LogP) is 3.66. The molecule has 0 fully saturated rings. The number of nitrogens with one attached hydrogen (secondary N) is 4. The molecule has 10 heteroatoms. The number of nitrogens with zero attached hydrogens (tertiary/aromatic N) is 1. The number of amides is 2. The summed E-state index contributed by atoms with van der Waals surface area (Å²) < 4.78 is 5.36. The second kappa shape index (κ2) is 12.1. The minimum absolute atomic E-state index is 0.188. The number of nitrogen functional groups attached to an aromatic ring is 1. The molecule has 2 amide bonds. The molecule has 0 aliphatic heterocycles. The number of carbonyl (C=O) groups is 2. The van der Waals surface area contributed by atoms with E-state index in [0.29, 0.717) is 34.3 Å². The number of methoxy groups -OCH3 is 1. The Labute approximate surface area is 214 Å². The summed E-state index contributed by atoms with van der Waals surface area (Å²) in [5.41, 5.74) is 8.89. The number of ether oxygens (including phenoxy) is 1. The number of aromatic nitrogens is 1. The highest BCUT2D eigenvalue weighted by molar-refractivity contribution is 7.14. The van der Waals surface area contributed by atoms with Crippen LogP contribution in [0.3, 0.4) is 0 Å². The third-order valence-corrected chi connectivity index (χ3v) is 6.01. The Bertz CT molecular complexity index is 1250. The van der Waals surface area contributed by atoms with Crippen molar-refractivity contribution in [1.82, 2.24) is 15.6 Å². The van der Waals surface area contributed by atoms with Gasteiger partial charge in [0, 0.05) is 41.4 Å². The normalized spacial score (nSPS) is 11.3. The van der Waals surface area contributed by atoms with Crippen LogP contribution in [0.1, 0.15) is 29.8 Å². The molecule has 0 aliphatic carbocycles. The van der Waals surface area contributed by atoms with Crippen LogP contribution in [0.25, 0.3) is 11.3 Å². The molecule has 0 saturated heterocycles. The fraction of sp³-hybridized carbons (Fsp3) is 0.231. The second-order valence-corrected chi connectivity index (χ2v) is 9.42. The van der Waals surface area contributed by atoms with E-state index >= 15 is 0 Å². The van der Waals surface area contributed by atoms with Crippen LogP contribution in [-0.4, -0.2) is 48.3 Å². The third kappa shape index (κ3) is 7.76. The molecule has 0 atom stereocenters. The zero-order valence-corrected chi connectivity index (χ0v) is 21.2. The molecule has 3 rings (SSSR count). The van der Waals surface area contributed by atoms with E-state index in [0.717, 1.165) is 11.1 Å². The maximum absolute atomic E-state index is 12.3. The fourth-order valence-corrected chi connectivity index (χ4v) is 3.72. The smallest absolute Gasteiger partial charge is 0.251 e. The van der Waals surface area contributed by atoms with Crippen LogP contribution in [0.5, 0.6) is 0 Å². The first-order valence-electron chi connectivity index (χ1n) is 11.2. The van der Waals surface area contributed by atoms with E-state index in [1.165, 1.54) is 11.3 Å². The van der Waals surface area contributed by atoms with Crippen molar-refractivity contribution in [2.75, 3.05) is 31.2 Å². The van der Waals surface area contributed by atoms with Crippen LogP contribution in [0, 0.1) is 5.41 Å².